The molecule has 10 nitrogen and oxygen atoms in total. The second-order valence-electron chi connectivity index (χ2n) is 10.2. The summed E-state index contributed by atoms with van der Waals surface area (Å²) in [6.45, 7) is 0.914. The number of aromatic nitrogens is 4. The van der Waals surface area contributed by atoms with Gasteiger partial charge in [0.15, 0.2) is 0 Å². The van der Waals surface area contributed by atoms with Crippen molar-refractivity contribution in [3.05, 3.63) is 111 Å². The summed E-state index contributed by atoms with van der Waals surface area (Å²) < 4.78 is 48.9. The van der Waals surface area contributed by atoms with Crippen molar-refractivity contribution in [2.24, 2.45) is 0 Å². The standard InChI is InChI=1S/C32H25F2N5O5/c1-42-32(41)20-7-8-27-28(12-20)39(15-22-9-10-43-22)29(36-27)17-38-16-25(34)23(13-31(38)40)26-3-2-4-30(37-26)44-18-21-6-5-19(14-35)11-24(21)33/h2-8,11-13,16,22H,9-10,15,17-18H2,1H3/t22-/m0/s1. The van der Waals surface area contributed by atoms with Gasteiger partial charge in [-0.1, -0.05) is 12.1 Å². The summed E-state index contributed by atoms with van der Waals surface area (Å²) in [5, 5.41) is 8.92. The van der Waals surface area contributed by atoms with Crippen molar-refractivity contribution in [3.8, 4) is 23.2 Å². The van der Waals surface area contributed by atoms with E-state index in [-0.39, 0.29) is 47.5 Å². The first kappa shape index (κ1) is 28.7. The first-order valence-electron chi connectivity index (χ1n) is 13.7. The molecular formula is C32H25F2N5O5. The van der Waals surface area contributed by atoms with Crippen LogP contribution in [0.15, 0.2) is 71.7 Å². The maximum Gasteiger partial charge on any atom is 0.337 e. The fourth-order valence-corrected chi connectivity index (χ4v) is 4.92. The van der Waals surface area contributed by atoms with Crippen LogP contribution in [0.4, 0.5) is 8.78 Å². The SMILES string of the molecule is COC(=O)c1ccc2nc(Cn3cc(F)c(-c4cccc(OCc5ccc(C#N)cc5F)n4)cc3=O)n(C[C@@H]3CCO3)c2c1. The van der Waals surface area contributed by atoms with Gasteiger partial charge in [0.2, 0.25) is 5.88 Å². The van der Waals surface area contributed by atoms with Gasteiger partial charge in [0, 0.05) is 36.1 Å². The van der Waals surface area contributed by atoms with Gasteiger partial charge in [-0.3, -0.25) is 4.79 Å². The van der Waals surface area contributed by atoms with Crippen LogP contribution in [0.3, 0.4) is 0 Å². The summed E-state index contributed by atoms with van der Waals surface area (Å²) in [6, 6.07) is 16.7. The highest BCUT2D eigenvalue weighted by atomic mass is 19.1. The molecule has 0 bridgehead atoms. The molecule has 3 aromatic heterocycles. The second kappa shape index (κ2) is 12.1. The van der Waals surface area contributed by atoms with Gasteiger partial charge in [0.1, 0.15) is 24.1 Å². The van der Waals surface area contributed by atoms with Gasteiger partial charge in [-0.2, -0.15) is 5.26 Å². The van der Waals surface area contributed by atoms with Crippen LogP contribution in [0.1, 0.15) is 33.7 Å². The lowest BCUT2D eigenvalue weighted by Gasteiger charge is -2.27. The molecule has 0 amide bonds. The number of carbonyl (C=O) groups is 1. The molecule has 222 valence electrons. The third kappa shape index (κ3) is 5.77. The lowest BCUT2D eigenvalue weighted by Crippen LogP contribution is -2.32. The highest BCUT2D eigenvalue weighted by Gasteiger charge is 2.23. The molecule has 1 atom stereocenters. The maximum atomic E-state index is 15.5. The van der Waals surface area contributed by atoms with E-state index in [0.717, 1.165) is 24.8 Å². The fourth-order valence-electron chi connectivity index (χ4n) is 4.92. The number of carbonyl (C=O) groups excluding carboxylic acids is 1. The van der Waals surface area contributed by atoms with Crippen molar-refractivity contribution in [1.29, 1.82) is 5.26 Å². The minimum absolute atomic E-state index is 0.0275. The molecule has 0 saturated carbocycles. The first-order valence-corrected chi connectivity index (χ1v) is 13.7. The number of imidazole rings is 1. The molecule has 2 aromatic carbocycles. The van der Waals surface area contributed by atoms with E-state index in [0.29, 0.717) is 35.6 Å². The molecule has 1 aliphatic heterocycles. The number of ether oxygens (including phenoxy) is 3. The lowest BCUT2D eigenvalue weighted by atomic mass is 10.1. The van der Waals surface area contributed by atoms with Crippen LogP contribution >= 0.6 is 0 Å². The number of methoxy groups -OCH3 is 1. The summed E-state index contributed by atoms with van der Waals surface area (Å²) in [6.07, 6.45) is 1.91. The van der Waals surface area contributed by atoms with Crippen molar-refractivity contribution < 1.29 is 27.8 Å². The number of halogens is 2. The Hall–Kier alpha value is -5.41. The first-order chi connectivity index (χ1) is 21.3. The van der Waals surface area contributed by atoms with E-state index < -0.39 is 23.2 Å². The number of esters is 1. The van der Waals surface area contributed by atoms with Crippen LogP contribution in [0.2, 0.25) is 0 Å². The molecule has 0 unspecified atom stereocenters. The molecule has 1 fully saturated rings. The molecular weight excluding hydrogens is 572 g/mol. The van der Waals surface area contributed by atoms with E-state index in [1.807, 2.05) is 10.6 Å². The van der Waals surface area contributed by atoms with Crippen molar-refractivity contribution in [2.45, 2.75) is 32.2 Å². The van der Waals surface area contributed by atoms with E-state index in [2.05, 4.69) is 9.97 Å². The third-order valence-corrected chi connectivity index (χ3v) is 7.37. The van der Waals surface area contributed by atoms with Gasteiger partial charge in [-0.05, 0) is 42.8 Å². The summed E-state index contributed by atoms with van der Waals surface area (Å²) in [7, 11) is 1.31. The number of hydrogen-bond donors (Lipinski definition) is 0. The molecule has 1 saturated heterocycles. The molecule has 5 aromatic rings. The lowest BCUT2D eigenvalue weighted by molar-refractivity contribution is -0.0590. The monoisotopic (exact) mass is 597 g/mol. The maximum absolute atomic E-state index is 15.5. The van der Waals surface area contributed by atoms with Crippen molar-refractivity contribution in [2.75, 3.05) is 13.7 Å². The van der Waals surface area contributed by atoms with Gasteiger partial charge in [-0.15, -0.1) is 0 Å². The largest absolute Gasteiger partial charge is 0.473 e. The molecule has 4 heterocycles. The highest BCUT2D eigenvalue weighted by Crippen LogP contribution is 2.25. The number of hydrogen-bond acceptors (Lipinski definition) is 8. The molecule has 1 aliphatic rings. The normalized spacial score (nSPS) is 14.2. The second-order valence-corrected chi connectivity index (χ2v) is 10.2. The van der Waals surface area contributed by atoms with Crippen LogP contribution in [0.25, 0.3) is 22.3 Å². The Bertz CT molecular complexity index is 1990. The van der Waals surface area contributed by atoms with E-state index >= 15 is 4.39 Å². The Morgan fingerprint density at radius 3 is 2.68 bits per heavy atom. The zero-order valence-electron chi connectivity index (χ0n) is 23.5. The average Bonchev–Trinajstić information content (AvgIpc) is 3.35. The highest BCUT2D eigenvalue weighted by molar-refractivity contribution is 5.93. The summed E-state index contributed by atoms with van der Waals surface area (Å²) >= 11 is 0. The van der Waals surface area contributed by atoms with E-state index in [9.17, 15) is 14.0 Å². The van der Waals surface area contributed by atoms with E-state index in [4.69, 9.17) is 19.5 Å². The molecule has 6 rings (SSSR count). The predicted octanol–water partition coefficient (Wildman–Crippen LogP) is 4.61. The topological polar surface area (TPSA) is 121 Å². The number of fused-ring (bicyclic) bond motifs is 1. The molecule has 0 aliphatic carbocycles. The van der Waals surface area contributed by atoms with Crippen LogP contribution < -0.4 is 10.3 Å². The van der Waals surface area contributed by atoms with E-state index in [1.165, 1.54) is 35.9 Å². The van der Waals surface area contributed by atoms with Gasteiger partial charge in [0.25, 0.3) is 5.56 Å². The summed E-state index contributed by atoms with van der Waals surface area (Å²) in [5.74, 6) is -1.17. The van der Waals surface area contributed by atoms with Crippen molar-refractivity contribution >= 4 is 17.0 Å². The predicted molar refractivity (Wildman–Crippen MR) is 154 cm³/mol. The number of pyridine rings is 2. The molecule has 12 heteroatoms. The van der Waals surface area contributed by atoms with Gasteiger partial charge < -0.3 is 23.3 Å². The average molecular weight is 598 g/mol. The van der Waals surface area contributed by atoms with Crippen LogP contribution in [-0.2, 0) is 29.2 Å². The smallest absolute Gasteiger partial charge is 0.337 e. The molecule has 0 spiro atoms. The van der Waals surface area contributed by atoms with Crippen molar-refractivity contribution in [1.82, 2.24) is 19.1 Å². The zero-order valence-corrected chi connectivity index (χ0v) is 23.5. The number of nitriles is 1. The van der Waals surface area contributed by atoms with Crippen LogP contribution in [-0.4, -0.2) is 44.9 Å². The van der Waals surface area contributed by atoms with Crippen LogP contribution in [0.5, 0.6) is 5.88 Å². The van der Waals surface area contributed by atoms with E-state index in [1.54, 1.807) is 24.3 Å². The summed E-state index contributed by atoms with van der Waals surface area (Å²) in [4.78, 5) is 34.3. The Morgan fingerprint density at radius 1 is 1.11 bits per heavy atom. The molecule has 0 N–H and O–H groups in total. The van der Waals surface area contributed by atoms with Gasteiger partial charge in [0.05, 0.1) is 60.2 Å². The summed E-state index contributed by atoms with van der Waals surface area (Å²) in [5.41, 5.74) is 1.70. The minimum atomic E-state index is -0.689. The number of rotatable bonds is 9. The number of benzene rings is 2. The Labute approximate surface area is 249 Å². The Kier molecular flexibility index (Phi) is 7.87. The number of nitrogens with zero attached hydrogens (tertiary/aromatic N) is 5. The molecule has 44 heavy (non-hydrogen) atoms. The zero-order chi connectivity index (χ0) is 30.8. The molecule has 0 radical (unpaired) electrons. The Balaban J connectivity index is 1.26. The van der Waals surface area contributed by atoms with Crippen molar-refractivity contribution in [3.63, 3.8) is 0 Å². The minimum Gasteiger partial charge on any atom is -0.473 e. The van der Waals surface area contributed by atoms with Gasteiger partial charge in [-0.25, -0.2) is 23.5 Å². The Morgan fingerprint density at radius 2 is 1.95 bits per heavy atom. The van der Waals surface area contributed by atoms with Crippen LogP contribution in [0, 0.1) is 23.0 Å². The van der Waals surface area contributed by atoms with Gasteiger partial charge >= 0.3 is 5.97 Å². The third-order valence-electron chi connectivity index (χ3n) is 7.37. The fraction of sp³-hybridized carbons (Fsp3) is 0.219. The quantitative estimate of drug-likeness (QED) is 0.226.